The monoisotopic (exact) mass is 487 g/mol. The molecule has 1 aromatic heterocycles. The Kier molecular flexibility index (Phi) is 6.68. The number of amides is 1. The fourth-order valence-electron chi connectivity index (χ4n) is 4.34. The van der Waals surface area contributed by atoms with Gasteiger partial charge in [-0.15, -0.1) is 5.10 Å². The number of carbonyl (C=O) groups excluding carboxylic acids is 1. The number of nitrogens with zero attached hydrogens (tertiary/aromatic N) is 3. The fourth-order valence-corrected chi connectivity index (χ4v) is 4.46. The summed E-state index contributed by atoms with van der Waals surface area (Å²) in [6, 6.07) is 25.7. The molecule has 0 fully saturated rings. The van der Waals surface area contributed by atoms with Crippen LogP contribution in [0.25, 0.3) is 0 Å². The first kappa shape index (κ1) is 22.9. The normalized spacial score (nSPS) is 16.7. The van der Waals surface area contributed by atoms with Crippen molar-refractivity contribution >= 4 is 29.4 Å². The molecule has 0 saturated carbocycles. The Morgan fingerprint density at radius 1 is 1.06 bits per heavy atom. The lowest BCUT2D eigenvalue weighted by Gasteiger charge is -2.31. The van der Waals surface area contributed by atoms with Crippen LogP contribution in [-0.2, 0) is 11.2 Å². The topological polar surface area (TPSA) is 81.1 Å². The molecule has 0 aliphatic carbocycles. The maximum absolute atomic E-state index is 12.6. The molecule has 35 heavy (non-hydrogen) atoms. The summed E-state index contributed by atoms with van der Waals surface area (Å²) >= 11 is 6.13. The molecule has 0 spiro atoms. The molecule has 0 radical (unpaired) electrons. The summed E-state index contributed by atoms with van der Waals surface area (Å²) in [7, 11) is 1.66. The molecule has 4 aromatic rings. The number of aromatic nitrogens is 3. The van der Waals surface area contributed by atoms with E-state index in [4.69, 9.17) is 16.3 Å². The zero-order valence-corrected chi connectivity index (χ0v) is 20.1. The second-order valence-corrected chi connectivity index (χ2v) is 8.95. The molecule has 1 aliphatic heterocycles. The van der Waals surface area contributed by atoms with E-state index in [1.807, 2.05) is 83.5 Å². The summed E-state index contributed by atoms with van der Waals surface area (Å²) < 4.78 is 7.15. The van der Waals surface area contributed by atoms with Gasteiger partial charge in [0.05, 0.1) is 19.2 Å². The number of anilines is 2. The summed E-state index contributed by atoms with van der Waals surface area (Å²) in [5.74, 6) is 1.59. The van der Waals surface area contributed by atoms with Gasteiger partial charge in [-0.1, -0.05) is 66.2 Å². The molecule has 2 atom stereocenters. The number of aryl methyl sites for hydroxylation is 1. The van der Waals surface area contributed by atoms with Gasteiger partial charge in [0.25, 0.3) is 5.95 Å². The van der Waals surface area contributed by atoms with E-state index in [1.165, 1.54) is 0 Å². The molecule has 1 amide bonds. The van der Waals surface area contributed by atoms with E-state index >= 15 is 0 Å². The SMILES string of the molecule is COc1ccc([C@H]2C[C@@H](c3ccc(Cl)cc3)n3nc(NC(=O)CCc4ccccc4)nc3N2)cc1. The number of halogens is 1. The minimum atomic E-state index is -0.119. The van der Waals surface area contributed by atoms with E-state index < -0.39 is 0 Å². The largest absolute Gasteiger partial charge is 0.497 e. The van der Waals surface area contributed by atoms with Gasteiger partial charge in [-0.25, -0.2) is 4.68 Å². The molecular formula is C27H26ClN5O2. The lowest BCUT2D eigenvalue weighted by atomic mass is 9.93. The van der Waals surface area contributed by atoms with Crippen molar-refractivity contribution in [3.63, 3.8) is 0 Å². The first-order chi connectivity index (χ1) is 17.1. The highest BCUT2D eigenvalue weighted by Crippen LogP contribution is 2.38. The Hall–Kier alpha value is -3.84. The Morgan fingerprint density at radius 2 is 1.77 bits per heavy atom. The van der Waals surface area contributed by atoms with Gasteiger partial charge in [-0.05, 0) is 53.8 Å². The van der Waals surface area contributed by atoms with Crippen molar-refractivity contribution in [3.8, 4) is 5.75 Å². The van der Waals surface area contributed by atoms with Gasteiger partial charge in [0.2, 0.25) is 11.9 Å². The lowest BCUT2D eigenvalue weighted by Crippen LogP contribution is -2.28. The minimum absolute atomic E-state index is 0.0138. The maximum Gasteiger partial charge on any atom is 0.250 e. The van der Waals surface area contributed by atoms with Gasteiger partial charge in [-0.3, -0.25) is 10.1 Å². The number of methoxy groups -OCH3 is 1. The fraction of sp³-hybridized carbons (Fsp3) is 0.222. The zero-order valence-electron chi connectivity index (χ0n) is 19.3. The number of rotatable bonds is 7. The van der Waals surface area contributed by atoms with Gasteiger partial charge in [0.1, 0.15) is 5.75 Å². The summed E-state index contributed by atoms with van der Waals surface area (Å²) in [6.07, 6.45) is 1.77. The molecule has 1 aliphatic rings. The predicted octanol–water partition coefficient (Wildman–Crippen LogP) is 5.66. The number of ether oxygens (including phenoxy) is 1. The zero-order chi connectivity index (χ0) is 24.2. The number of hydrogen-bond acceptors (Lipinski definition) is 5. The minimum Gasteiger partial charge on any atom is -0.497 e. The molecule has 0 unspecified atom stereocenters. The van der Waals surface area contributed by atoms with E-state index in [-0.39, 0.29) is 18.0 Å². The number of benzene rings is 3. The quantitative estimate of drug-likeness (QED) is 0.351. The first-order valence-corrected chi connectivity index (χ1v) is 11.9. The summed E-state index contributed by atoms with van der Waals surface area (Å²) in [5.41, 5.74) is 3.31. The van der Waals surface area contributed by atoms with Crippen LogP contribution in [0.15, 0.2) is 78.9 Å². The van der Waals surface area contributed by atoms with Crippen molar-refractivity contribution in [1.29, 1.82) is 0 Å². The van der Waals surface area contributed by atoms with Crippen molar-refractivity contribution in [3.05, 3.63) is 101 Å². The van der Waals surface area contributed by atoms with E-state index in [9.17, 15) is 4.79 Å². The van der Waals surface area contributed by atoms with Gasteiger partial charge in [0.15, 0.2) is 0 Å². The third-order valence-corrected chi connectivity index (χ3v) is 6.45. The third-order valence-electron chi connectivity index (χ3n) is 6.20. The standard InChI is InChI=1S/C27H26ClN5O2/c1-35-22-14-10-19(11-15-22)23-17-24(20-8-12-21(28)13-9-20)33-27(29-23)31-26(32-33)30-25(34)16-7-18-5-3-2-4-6-18/h2-6,8-15,23-24H,7,16-17H2,1H3,(H2,29,30,31,32,34)/t23-,24+/m1/s1. The van der Waals surface area contributed by atoms with Crippen molar-refractivity contribution < 1.29 is 9.53 Å². The molecule has 0 saturated heterocycles. The molecule has 2 N–H and O–H groups in total. The summed E-state index contributed by atoms with van der Waals surface area (Å²) in [6.45, 7) is 0. The number of hydrogen-bond donors (Lipinski definition) is 2. The molecule has 3 aromatic carbocycles. The number of nitrogens with one attached hydrogen (secondary N) is 2. The first-order valence-electron chi connectivity index (χ1n) is 11.6. The maximum atomic E-state index is 12.6. The van der Waals surface area contributed by atoms with Crippen LogP contribution in [0.4, 0.5) is 11.9 Å². The van der Waals surface area contributed by atoms with Crippen LogP contribution < -0.4 is 15.4 Å². The highest BCUT2D eigenvalue weighted by molar-refractivity contribution is 6.30. The average Bonchev–Trinajstić information content (AvgIpc) is 3.30. The van der Waals surface area contributed by atoms with Crippen LogP contribution >= 0.6 is 11.6 Å². The molecule has 8 heteroatoms. The van der Waals surface area contributed by atoms with Gasteiger partial charge in [0, 0.05) is 11.4 Å². The summed E-state index contributed by atoms with van der Waals surface area (Å²) in [5, 5.41) is 11.7. The van der Waals surface area contributed by atoms with Crippen LogP contribution in [0.1, 0.15) is 41.6 Å². The van der Waals surface area contributed by atoms with Gasteiger partial charge in [-0.2, -0.15) is 4.98 Å². The molecule has 178 valence electrons. The molecule has 2 heterocycles. The average molecular weight is 488 g/mol. The van der Waals surface area contributed by atoms with Crippen LogP contribution in [0.3, 0.4) is 0 Å². The van der Waals surface area contributed by atoms with Crippen molar-refractivity contribution in [1.82, 2.24) is 14.8 Å². The Bertz CT molecular complexity index is 1290. The number of carbonyl (C=O) groups is 1. The van der Waals surface area contributed by atoms with Gasteiger partial charge < -0.3 is 10.1 Å². The van der Waals surface area contributed by atoms with Crippen LogP contribution in [0.2, 0.25) is 5.02 Å². The Morgan fingerprint density at radius 3 is 2.49 bits per heavy atom. The van der Waals surface area contributed by atoms with E-state index in [0.717, 1.165) is 28.9 Å². The third kappa shape index (κ3) is 5.30. The Labute approximate surface area is 209 Å². The Balaban J connectivity index is 1.38. The highest BCUT2D eigenvalue weighted by atomic mass is 35.5. The van der Waals surface area contributed by atoms with Crippen molar-refractivity contribution in [2.24, 2.45) is 0 Å². The predicted molar refractivity (Wildman–Crippen MR) is 137 cm³/mol. The van der Waals surface area contributed by atoms with Gasteiger partial charge >= 0.3 is 0 Å². The lowest BCUT2D eigenvalue weighted by molar-refractivity contribution is -0.116. The second kappa shape index (κ2) is 10.2. The van der Waals surface area contributed by atoms with Crippen LogP contribution in [0, 0.1) is 0 Å². The molecular weight excluding hydrogens is 462 g/mol. The van der Waals surface area contributed by atoms with E-state index in [0.29, 0.717) is 29.8 Å². The van der Waals surface area contributed by atoms with E-state index in [1.54, 1.807) is 7.11 Å². The van der Waals surface area contributed by atoms with Crippen molar-refractivity contribution in [2.45, 2.75) is 31.3 Å². The second-order valence-electron chi connectivity index (χ2n) is 8.51. The van der Waals surface area contributed by atoms with Crippen molar-refractivity contribution in [2.75, 3.05) is 17.7 Å². The molecule has 5 rings (SSSR count). The van der Waals surface area contributed by atoms with Crippen LogP contribution in [0.5, 0.6) is 5.75 Å². The highest BCUT2D eigenvalue weighted by Gasteiger charge is 2.31. The smallest absolute Gasteiger partial charge is 0.250 e. The van der Waals surface area contributed by atoms with Crippen LogP contribution in [-0.4, -0.2) is 27.8 Å². The number of fused-ring (bicyclic) bond motifs is 1. The summed E-state index contributed by atoms with van der Waals surface area (Å²) in [4.78, 5) is 17.2. The molecule has 7 nitrogen and oxygen atoms in total. The molecule has 0 bridgehead atoms. The van der Waals surface area contributed by atoms with E-state index in [2.05, 4.69) is 20.7 Å².